The summed E-state index contributed by atoms with van der Waals surface area (Å²) < 4.78 is 2.49. The second-order valence-corrected chi connectivity index (χ2v) is 6.18. The molecule has 0 radical (unpaired) electrons. The van der Waals surface area contributed by atoms with Gasteiger partial charge in [0.15, 0.2) is 0 Å². The third-order valence-corrected chi connectivity index (χ3v) is 3.18. The Hall–Kier alpha value is -0.180. The van der Waals surface area contributed by atoms with E-state index in [1.165, 1.54) is 19.3 Å². The lowest BCUT2D eigenvalue weighted by Gasteiger charge is -2.24. The minimum absolute atomic E-state index is 0.0916. The Kier molecular flexibility index (Phi) is 4.50. The number of carbonyl (C=O) groups is 1. The summed E-state index contributed by atoms with van der Waals surface area (Å²) in [6, 6.07) is 0. The molecule has 1 atom stereocenters. The number of amides is 1. The van der Waals surface area contributed by atoms with E-state index < -0.39 is 0 Å². The van der Waals surface area contributed by atoms with Gasteiger partial charge in [0.1, 0.15) is 0 Å². The molecule has 15 heavy (non-hydrogen) atoms. The van der Waals surface area contributed by atoms with Crippen LogP contribution in [-0.2, 0) is 4.79 Å². The quantitative estimate of drug-likeness (QED) is 0.697. The summed E-state index contributed by atoms with van der Waals surface area (Å²) in [5, 5.41) is 0. The molecule has 1 aliphatic rings. The molecule has 1 amide bonds. The first-order valence-electron chi connectivity index (χ1n) is 5.86. The minimum atomic E-state index is 0.0916. The van der Waals surface area contributed by atoms with E-state index >= 15 is 0 Å². The van der Waals surface area contributed by atoms with Gasteiger partial charge in [-0.2, -0.15) is 0 Å². The molecule has 0 heterocycles. The van der Waals surface area contributed by atoms with Crippen LogP contribution in [-0.4, -0.2) is 5.91 Å². The van der Waals surface area contributed by atoms with Gasteiger partial charge in [-0.1, -0.05) is 46.4 Å². The molecule has 0 aromatic rings. The van der Waals surface area contributed by atoms with Gasteiger partial charge in [0.05, 0.1) is 0 Å². The van der Waals surface area contributed by atoms with Crippen molar-refractivity contribution >= 4 is 18.7 Å². The number of hydrogen-bond acceptors (Lipinski definition) is 2. The predicted octanol–water partition coefficient (Wildman–Crippen LogP) is 3.19. The normalized spacial score (nSPS) is 18.7. The van der Waals surface area contributed by atoms with Gasteiger partial charge < -0.3 is 4.72 Å². The van der Waals surface area contributed by atoms with Crippen LogP contribution in [0.3, 0.4) is 0 Å². The Morgan fingerprint density at radius 2 is 2.07 bits per heavy atom. The molecule has 1 fully saturated rings. The fourth-order valence-electron chi connectivity index (χ4n) is 2.00. The van der Waals surface area contributed by atoms with Crippen LogP contribution in [0.15, 0.2) is 0 Å². The summed E-state index contributed by atoms with van der Waals surface area (Å²) >= 11 is 3.87. The summed E-state index contributed by atoms with van der Waals surface area (Å²) in [4.78, 5) is 11.6. The van der Waals surface area contributed by atoms with Crippen LogP contribution in [0.5, 0.6) is 0 Å². The van der Waals surface area contributed by atoms with Gasteiger partial charge in [0, 0.05) is 5.92 Å². The van der Waals surface area contributed by atoms with Gasteiger partial charge >= 0.3 is 0 Å². The molecule has 0 aromatic carbocycles. The van der Waals surface area contributed by atoms with E-state index in [2.05, 4.69) is 38.3 Å². The highest BCUT2D eigenvalue weighted by molar-refractivity contribution is 7.78. The predicted molar refractivity (Wildman–Crippen MR) is 66.6 cm³/mol. The number of hydrogen-bond donors (Lipinski definition) is 2. The highest BCUT2D eigenvalue weighted by atomic mass is 32.1. The molecule has 1 N–H and O–H groups in total. The zero-order chi connectivity index (χ0) is 11.5. The molecule has 3 heteroatoms. The van der Waals surface area contributed by atoms with Crippen LogP contribution < -0.4 is 4.72 Å². The van der Waals surface area contributed by atoms with E-state index in [4.69, 9.17) is 0 Å². The van der Waals surface area contributed by atoms with Crippen molar-refractivity contribution < 1.29 is 4.79 Å². The van der Waals surface area contributed by atoms with Gasteiger partial charge in [0.2, 0.25) is 5.91 Å². The topological polar surface area (TPSA) is 29.1 Å². The van der Waals surface area contributed by atoms with Crippen molar-refractivity contribution in [2.45, 2.75) is 52.9 Å². The third-order valence-electron chi connectivity index (χ3n) is 2.96. The highest BCUT2D eigenvalue weighted by Crippen LogP contribution is 2.36. The molecule has 0 spiro atoms. The van der Waals surface area contributed by atoms with Crippen LogP contribution in [0.1, 0.15) is 52.9 Å². The van der Waals surface area contributed by atoms with Crippen molar-refractivity contribution in [2.75, 3.05) is 0 Å². The van der Waals surface area contributed by atoms with Gasteiger partial charge in [-0.05, 0) is 30.6 Å². The van der Waals surface area contributed by atoms with E-state index in [1.54, 1.807) is 0 Å². The first kappa shape index (κ1) is 12.9. The first-order valence-corrected chi connectivity index (χ1v) is 6.31. The third kappa shape index (κ3) is 5.45. The van der Waals surface area contributed by atoms with Gasteiger partial charge in [-0.3, -0.25) is 4.79 Å². The smallest absolute Gasteiger partial charge is 0.232 e. The molecule has 0 aliphatic heterocycles. The van der Waals surface area contributed by atoms with Crippen molar-refractivity contribution in [3.8, 4) is 0 Å². The van der Waals surface area contributed by atoms with E-state index in [1.807, 2.05) is 0 Å². The number of thiol groups is 1. The van der Waals surface area contributed by atoms with Gasteiger partial charge in [0.25, 0.3) is 0 Å². The number of rotatable bonds is 5. The largest absolute Gasteiger partial charge is 0.303 e. The highest BCUT2D eigenvalue weighted by Gasteiger charge is 2.28. The molecular formula is C12H23NOS. The Labute approximate surface area is 98.7 Å². The number of nitrogens with one attached hydrogen (secondary N) is 1. The summed E-state index contributed by atoms with van der Waals surface area (Å²) in [5.41, 5.74) is 0.217. The van der Waals surface area contributed by atoms with Crippen molar-refractivity contribution in [1.82, 2.24) is 4.72 Å². The summed E-state index contributed by atoms with van der Waals surface area (Å²) in [6.07, 6.45) is 5.91. The maximum absolute atomic E-state index is 11.6. The Morgan fingerprint density at radius 3 is 2.47 bits per heavy atom. The molecular weight excluding hydrogens is 206 g/mol. The lowest BCUT2D eigenvalue weighted by atomic mass is 9.82. The summed E-state index contributed by atoms with van der Waals surface area (Å²) in [6.45, 7) is 6.55. The van der Waals surface area contributed by atoms with Crippen molar-refractivity contribution in [2.24, 2.45) is 17.3 Å². The molecule has 2 nitrogen and oxygen atoms in total. The van der Waals surface area contributed by atoms with E-state index in [0.29, 0.717) is 0 Å². The molecule has 88 valence electrons. The average molecular weight is 229 g/mol. The summed E-state index contributed by atoms with van der Waals surface area (Å²) in [7, 11) is 0. The molecule has 0 aromatic heterocycles. The zero-order valence-electron chi connectivity index (χ0n) is 10.0. The van der Waals surface area contributed by atoms with Crippen LogP contribution >= 0.6 is 12.8 Å². The monoisotopic (exact) mass is 229 g/mol. The second kappa shape index (κ2) is 5.24. The van der Waals surface area contributed by atoms with Crippen molar-refractivity contribution in [3.05, 3.63) is 0 Å². The van der Waals surface area contributed by atoms with E-state index in [0.717, 1.165) is 18.8 Å². The lowest BCUT2D eigenvalue weighted by Crippen LogP contribution is -2.28. The van der Waals surface area contributed by atoms with Crippen LogP contribution in [0, 0.1) is 17.3 Å². The lowest BCUT2D eigenvalue weighted by molar-refractivity contribution is -0.124. The fourth-order valence-corrected chi connectivity index (χ4v) is 2.18. The second-order valence-electron chi connectivity index (χ2n) is 5.96. The maximum atomic E-state index is 11.6. The van der Waals surface area contributed by atoms with Crippen molar-refractivity contribution in [1.29, 1.82) is 0 Å². The van der Waals surface area contributed by atoms with E-state index in [-0.39, 0.29) is 17.2 Å². The van der Waals surface area contributed by atoms with Crippen LogP contribution in [0.2, 0.25) is 0 Å². The molecule has 0 saturated heterocycles. The first-order chi connectivity index (χ1) is 6.92. The van der Waals surface area contributed by atoms with Crippen LogP contribution in [0.25, 0.3) is 0 Å². The SMILES string of the molecule is CC(C)(C)CC(CCC1CC1)C(=O)NS. The van der Waals surface area contributed by atoms with Gasteiger partial charge in [-0.25, -0.2) is 0 Å². The molecule has 1 saturated carbocycles. The minimum Gasteiger partial charge on any atom is -0.303 e. The molecule has 1 unspecified atom stereocenters. The van der Waals surface area contributed by atoms with Crippen LogP contribution in [0.4, 0.5) is 0 Å². The average Bonchev–Trinajstić information content (AvgIpc) is 2.92. The standard InChI is InChI=1S/C12H23NOS/c1-12(2,3)8-10(11(14)13-15)7-6-9-4-5-9/h9-10,15H,4-8H2,1-3H3,(H,13,14). The maximum Gasteiger partial charge on any atom is 0.232 e. The Bertz CT molecular complexity index is 218. The molecule has 0 bridgehead atoms. The fraction of sp³-hybridized carbons (Fsp3) is 0.917. The molecule has 1 aliphatic carbocycles. The molecule has 1 rings (SSSR count). The zero-order valence-corrected chi connectivity index (χ0v) is 10.9. The van der Waals surface area contributed by atoms with E-state index in [9.17, 15) is 4.79 Å². The number of carbonyl (C=O) groups excluding carboxylic acids is 1. The van der Waals surface area contributed by atoms with Gasteiger partial charge in [-0.15, -0.1) is 0 Å². The Morgan fingerprint density at radius 1 is 1.47 bits per heavy atom. The Balaban J connectivity index is 2.39. The summed E-state index contributed by atoms with van der Waals surface area (Å²) in [5.74, 6) is 1.14. The van der Waals surface area contributed by atoms with Crippen molar-refractivity contribution in [3.63, 3.8) is 0 Å².